The Morgan fingerprint density at radius 1 is 1.64 bits per heavy atom. The molecule has 1 rings (SSSR count). The van der Waals surface area contributed by atoms with E-state index in [9.17, 15) is 0 Å². The van der Waals surface area contributed by atoms with Gasteiger partial charge in [0.15, 0.2) is 0 Å². The highest BCUT2D eigenvalue weighted by molar-refractivity contribution is 9.10. The summed E-state index contributed by atoms with van der Waals surface area (Å²) in [6, 6.07) is 7.66. The maximum absolute atomic E-state index is 8.85. The number of hydrogen-bond donors (Lipinski definition) is 1. The third kappa shape index (κ3) is 2.90. The molecule has 1 aromatic rings. The fourth-order valence-corrected chi connectivity index (χ4v) is 1.37. The Morgan fingerprint density at radius 3 is 2.93 bits per heavy atom. The Hall–Kier alpha value is -1.27. The van der Waals surface area contributed by atoms with E-state index in [-0.39, 0.29) is 0 Å². The second kappa shape index (κ2) is 4.83. The van der Waals surface area contributed by atoms with E-state index in [2.05, 4.69) is 33.9 Å². The van der Waals surface area contributed by atoms with Crippen molar-refractivity contribution in [3.05, 3.63) is 40.4 Å². The van der Waals surface area contributed by atoms with Gasteiger partial charge in [0.2, 0.25) is 0 Å². The Balaban J connectivity index is 2.89. The molecule has 0 aromatic heterocycles. The molecule has 14 heavy (non-hydrogen) atoms. The van der Waals surface area contributed by atoms with Crippen LogP contribution in [0.5, 0.6) is 0 Å². The number of nitrogens with zero attached hydrogens (tertiary/aromatic N) is 1. The quantitative estimate of drug-likeness (QED) is 0.836. The predicted octanol–water partition coefficient (Wildman–Crippen LogP) is 3.31. The summed E-state index contributed by atoms with van der Waals surface area (Å²) in [5.41, 5.74) is 2.52. The lowest BCUT2D eigenvalue weighted by Gasteiger charge is -2.07. The zero-order chi connectivity index (χ0) is 10.6. The minimum atomic E-state index is 0.648. The van der Waals surface area contributed by atoms with Crippen molar-refractivity contribution in [1.82, 2.24) is 0 Å². The molecule has 0 saturated carbocycles. The molecule has 3 heteroatoms. The van der Waals surface area contributed by atoms with Crippen molar-refractivity contribution < 1.29 is 0 Å². The normalized spacial score (nSPS) is 9.21. The molecule has 0 saturated heterocycles. The third-order valence-electron chi connectivity index (χ3n) is 1.68. The van der Waals surface area contributed by atoms with E-state index in [1.54, 1.807) is 6.07 Å². The largest absolute Gasteiger partial charge is 0.380 e. The minimum Gasteiger partial charge on any atom is -0.380 e. The number of nitriles is 1. The molecule has 0 bridgehead atoms. The van der Waals surface area contributed by atoms with E-state index in [0.717, 1.165) is 15.7 Å². The Morgan fingerprint density at radius 2 is 2.36 bits per heavy atom. The predicted molar refractivity (Wildman–Crippen MR) is 62.2 cm³/mol. The van der Waals surface area contributed by atoms with Gasteiger partial charge >= 0.3 is 0 Å². The smallest absolute Gasteiger partial charge is 0.101 e. The van der Waals surface area contributed by atoms with Crippen molar-refractivity contribution in [3.8, 4) is 6.07 Å². The number of rotatable bonds is 3. The molecule has 0 heterocycles. The highest BCUT2D eigenvalue weighted by atomic mass is 79.9. The van der Waals surface area contributed by atoms with Crippen LogP contribution in [-0.4, -0.2) is 6.54 Å². The highest BCUT2D eigenvalue weighted by Crippen LogP contribution is 2.20. The van der Waals surface area contributed by atoms with Gasteiger partial charge in [-0.15, -0.1) is 0 Å². The molecule has 2 nitrogen and oxygen atoms in total. The van der Waals surface area contributed by atoms with Crippen molar-refractivity contribution in [3.63, 3.8) is 0 Å². The zero-order valence-corrected chi connectivity index (χ0v) is 9.56. The minimum absolute atomic E-state index is 0.648. The lowest BCUT2D eigenvalue weighted by atomic mass is 10.2. The zero-order valence-electron chi connectivity index (χ0n) is 7.97. The second-order valence-corrected chi connectivity index (χ2v) is 4.03. The molecule has 0 unspecified atom stereocenters. The van der Waals surface area contributed by atoms with Crippen molar-refractivity contribution in [2.45, 2.75) is 6.92 Å². The van der Waals surface area contributed by atoms with Crippen LogP contribution < -0.4 is 5.32 Å². The SMILES string of the molecule is C=C(C)CNc1cc(Br)ccc1C#N. The van der Waals surface area contributed by atoms with Crippen LogP contribution in [-0.2, 0) is 0 Å². The summed E-state index contributed by atoms with van der Waals surface area (Å²) in [6.07, 6.45) is 0. The Labute approximate surface area is 92.4 Å². The highest BCUT2D eigenvalue weighted by Gasteiger charge is 2.01. The maximum Gasteiger partial charge on any atom is 0.101 e. The summed E-state index contributed by atoms with van der Waals surface area (Å²) < 4.78 is 0.959. The average Bonchev–Trinajstić information content (AvgIpc) is 2.15. The summed E-state index contributed by atoms with van der Waals surface area (Å²) in [5, 5.41) is 12.0. The van der Waals surface area contributed by atoms with Crippen LogP contribution in [0.1, 0.15) is 12.5 Å². The molecule has 0 atom stereocenters. The number of halogens is 1. The van der Waals surface area contributed by atoms with Crippen molar-refractivity contribution in [1.29, 1.82) is 5.26 Å². The van der Waals surface area contributed by atoms with Gasteiger partial charge in [0.1, 0.15) is 6.07 Å². The van der Waals surface area contributed by atoms with Gasteiger partial charge in [-0.2, -0.15) is 5.26 Å². The monoisotopic (exact) mass is 250 g/mol. The lowest BCUT2D eigenvalue weighted by molar-refractivity contribution is 1.21. The van der Waals surface area contributed by atoms with E-state index in [1.807, 2.05) is 19.1 Å². The van der Waals surface area contributed by atoms with Crippen molar-refractivity contribution in [2.75, 3.05) is 11.9 Å². The van der Waals surface area contributed by atoms with E-state index in [0.29, 0.717) is 12.1 Å². The van der Waals surface area contributed by atoms with Crippen LogP contribution in [0.2, 0.25) is 0 Å². The molecular weight excluding hydrogens is 240 g/mol. The van der Waals surface area contributed by atoms with Crippen LogP contribution in [0.25, 0.3) is 0 Å². The van der Waals surface area contributed by atoms with E-state index < -0.39 is 0 Å². The number of benzene rings is 1. The van der Waals surface area contributed by atoms with E-state index in [4.69, 9.17) is 5.26 Å². The Kier molecular flexibility index (Phi) is 3.73. The molecule has 0 fully saturated rings. The molecule has 1 N–H and O–H groups in total. The summed E-state index contributed by atoms with van der Waals surface area (Å²) >= 11 is 3.36. The average molecular weight is 251 g/mol. The lowest BCUT2D eigenvalue weighted by Crippen LogP contribution is -2.03. The van der Waals surface area contributed by atoms with Crippen LogP contribution in [0, 0.1) is 11.3 Å². The van der Waals surface area contributed by atoms with Gasteiger partial charge < -0.3 is 5.32 Å². The fourth-order valence-electron chi connectivity index (χ4n) is 1.01. The van der Waals surface area contributed by atoms with Crippen LogP contribution >= 0.6 is 15.9 Å². The van der Waals surface area contributed by atoms with Crippen LogP contribution in [0.15, 0.2) is 34.8 Å². The van der Waals surface area contributed by atoms with Gasteiger partial charge in [-0.05, 0) is 25.1 Å². The number of nitrogens with one attached hydrogen (secondary N) is 1. The first kappa shape index (κ1) is 10.8. The van der Waals surface area contributed by atoms with Crippen molar-refractivity contribution in [2.24, 2.45) is 0 Å². The van der Waals surface area contributed by atoms with Gasteiger partial charge in [0, 0.05) is 11.0 Å². The van der Waals surface area contributed by atoms with Crippen LogP contribution in [0.3, 0.4) is 0 Å². The molecule has 0 radical (unpaired) electrons. The van der Waals surface area contributed by atoms with Gasteiger partial charge in [-0.25, -0.2) is 0 Å². The summed E-state index contributed by atoms with van der Waals surface area (Å²) in [5.74, 6) is 0. The van der Waals surface area contributed by atoms with E-state index >= 15 is 0 Å². The van der Waals surface area contributed by atoms with Gasteiger partial charge in [0.05, 0.1) is 11.3 Å². The first-order valence-corrected chi connectivity index (χ1v) is 5.00. The topological polar surface area (TPSA) is 35.8 Å². The number of anilines is 1. The van der Waals surface area contributed by atoms with E-state index in [1.165, 1.54) is 0 Å². The molecule has 1 aromatic carbocycles. The third-order valence-corrected chi connectivity index (χ3v) is 2.18. The first-order valence-electron chi connectivity index (χ1n) is 4.21. The molecule has 0 aliphatic carbocycles. The summed E-state index contributed by atoms with van der Waals surface area (Å²) in [7, 11) is 0. The summed E-state index contributed by atoms with van der Waals surface area (Å²) in [6.45, 7) is 6.42. The molecule has 0 spiro atoms. The molecular formula is C11H11BrN2. The van der Waals surface area contributed by atoms with Gasteiger partial charge in [-0.3, -0.25) is 0 Å². The Bertz CT molecular complexity index is 391. The first-order chi connectivity index (χ1) is 6.63. The standard InChI is InChI=1S/C11H11BrN2/c1-8(2)7-14-11-5-10(12)4-3-9(11)6-13/h3-5,14H,1,7H2,2H3. The van der Waals surface area contributed by atoms with Crippen LogP contribution in [0.4, 0.5) is 5.69 Å². The molecule has 0 aliphatic heterocycles. The van der Waals surface area contributed by atoms with Gasteiger partial charge in [0.25, 0.3) is 0 Å². The molecule has 0 amide bonds. The molecule has 0 aliphatic rings. The maximum atomic E-state index is 8.85. The second-order valence-electron chi connectivity index (χ2n) is 3.11. The van der Waals surface area contributed by atoms with Crippen molar-refractivity contribution >= 4 is 21.6 Å². The molecule has 72 valence electrons. The number of hydrogen-bond acceptors (Lipinski definition) is 2. The fraction of sp³-hybridized carbons (Fsp3) is 0.182. The summed E-state index contributed by atoms with van der Waals surface area (Å²) in [4.78, 5) is 0. The van der Waals surface area contributed by atoms with Gasteiger partial charge in [-0.1, -0.05) is 28.1 Å².